The Morgan fingerprint density at radius 1 is 1.47 bits per heavy atom. The lowest BCUT2D eigenvalue weighted by Crippen LogP contribution is -2.30. The highest BCUT2D eigenvalue weighted by molar-refractivity contribution is 7.09. The van der Waals surface area contributed by atoms with Gasteiger partial charge in [-0.25, -0.2) is 4.98 Å². The number of hydrogen-bond donors (Lipinski definition) is 2. The summed E-state index contributed by atoms with van der Waals surface area (Å²) >= 11 is 1.41. The van der Waals surface area contributed by atoms with Gasteiger partial charge >= 0.3 is 0 Å². The van der Waals surface area contributed by atoms with Crippen LogP contribution in [0.1, 0.15) is 33.0 Å². The monoisotopic (exact) mass is 228 g/mol. The number of anilines is 1. The van der Waals surface area contributed by atoms with Crippen molar-refractivity contribution >= 4 is 16.7 Å². The van der Waals surface area contributed by atoms with Crippen molar-refractivity contribution in [3.05, 3.63) is 5.82 Å². The molecule has 0 aromatic carbocycles. The average Bonchev–Trinajstić information content (AvgIpc) is 2.61. The van der Waals surface area contributed by atoms with E-state index in [0.29, 0.717) is 5.92 Å². The quantitative estimate of drug-likeness (QED) is 0.780. The summed E-state index contributed by atoms with van der Waals surface area (Å²) in [6, 6.07) is 0.193. The molecular weight excluding hydrogens is 208 g/mol. The Morgan fingerprint density at radius 2 is 2.20 bits per heavy atom. The second-order valence-electron chi connectivity index (χ2n) is 4.14. The van der Waals surface area contributed by atoms with Crippen molar-refractivity contribution in [1.29, 1.82) is 0 Å². The lowest BCUT2D eigenvalue weighted by molar-refractivity contribution is 0.508. The van der Waals surface area contributed by atoms with Crippen LogP contribution in [0.3, 0.4) is 0 Å². The molecule has 1 rings (SSSR count). The van der Waals surface area contributed by atoms with Crippen LogP contribution in [-0.4, -0.2) is 21.9 Å². The third-order valence-corrected chi connectivity index (χ3v) is 2.78. The molecule has 3 N–H and O–H groups in total. The van der Waals surface area contributed by atoms with Crippen molar-refractivity contribution in [2.24, 2.45) is 11.7 Å². The van der Waals surface area contributed by atoms with Crippen LogP contribution in [0, 0.1) is 5.92 Å². The van der Waals surface area contributed by atoms with Gasteiger partial charge in [0.25, 0.3) is 0 Å². The average molecular weight is 228 g/mol. The second kappa shape index (κ2) is 6.02. The molecule has 0 amide bonds. The van der Waals surface area contributed by atoms with E-state index in [-0.39, 0.29) is 6.04 Å². The van der Waals surface area contributed by atoms with Crippen LogP contribution in [0.25, 0.3) is 0 Å². The van der Waals surface area contributed by atoms with E-state index < -0.39 is 0 Å². The molecule has 0 bridgehead atoms. The van der Waals surface area contributed by atoms with E-state index in [4.69, 9.17) is 5.73 Å². The number of nitrogens with two attached hydrogens (primary N) is 1. The van der Waals surface area contributed by atoms with Crippen LogP contribution in [0.5, 0.6) is 0 Å². The first-order valence-electron chi connectivity index (χ1n) is 5.43. The molecule has 4 nitrogen and oxygen atoms in total. The van der Waals surface area contributed by atoms with E-state index in [2.05, 4.69) is 35.4 Å². The maximum atomic E-state index is 5.96. The Hall–Kier alpha value is -0.680. The van der Waals surface area contributed by atoms with E-state index in [1.54, 1.807) is 0 Å². The molecule has 5 heteroatoms. The second-order valence-corrected chi connectivity index (χ2v) is 4.89. The summed E-state index contributed by atoms with van der Waals surface area (Å²) in [6.07, 6.45) is 1.92. The highest BCUT2D eigenvalue weighted by atomic mass is 32.1. The van der Waals surface area contributed by atoms with Gasteiger partial charge in [-0.3, -0.25) is 0 Å². The lowest BCUT2D eigenvalue weighted by Gasteiger charge is -2.13. The molecule has 1 heterocycles. The SMILES string of the molecule is CCc1nsc(NCC(N)CC(C)C)n1. The predicted molar refractivity (Wildman–Crippen MR) is 65.2 cm³/mol. The number of nitrogens with one attached hydrogen (secondary N) is 1. The van der Waals surface area contributed by atoms with Crippen molar-refractivity contribution in [3.8, 4) is 0 Å². The molecule has 0 saturated heterocycles. The Balaban J connectivity index is 2.30. The van der Waals surface area contributed by atoms with Crippen LogP contribution in [0.2, 0.25) is 0 Å². The summed E-state index contributed by atoms with van der Waals surface area (Å²) in [7, 11) is 0. The molecule has 1 aromatic heterocycles. The van der Waals surface area contributed by atoms with E-state index in [0.717, 1.165) is 30.3 Å². The van der Waals surface area contributed by atoms with Crippen LogP contribution in [-0.2, 0) is 6.42 Å². The Bertz CT molecular complexity index is 285. The fourth-order valence-corrected chi connectivity index (χ4v) is 2.03. The van der Waals surface area contributed by atoms with Crippen LogP contribution in [0.15, 0.2) is 0 Å². The summed E-state index contributed by atoms with van der Waals surface area (Å²) < 4.78 is 4.20. The van der Waals surface area contributed by atoms with Gasteiger partial charge in [-0.2, -0.15) is 4.37 Å². The molecule has 1 atom stereocenters. The molecule has 1 aromatic rings. The minimum absolute atomic E-state index is 0.193. The van der Waals surface area contributed by atoms with Gasteiger partial charge in [0, 0.05) is 30.5 Å². The zero-order chi connectivity index (χ0) is 11.3. The Kier molecular flexibility index (Phi) is 4.98. The summed E-state index contributed by atoms with van der Waals surface area (Å²) in [5.41, 5.74) is 5.96. The fourth-order valence-electron chi connectivity index (χ4n) is 1.38. The molecule has 0 aliphatic rings. The third kappa shape index (κ3) is 4.57. The van der Waals surface area contributed by atoms with Gasteiger partial charge in [0.1, 0.15) is 5.82 Å². The topological polar surface area (TPSA) is 63.8 Å². The zero-order valence-corrected chi connectivity index (χ0v) is 10.5. The van der Waals surface area contributed by atoms with Gasteiger partial charge in [0.15, 0.2) is 0 Å². The molecule has 1 unspecified atom stereocenters. The molecular formula is C10H20N4S. The molecule has 0 radical (unpaired) electrons. The van der Waals surface area contributed by atoms with Gasteiger partial charge in [-0.15, -0.1) is 0 Å². The molecule has 15 heavy (non-hydrogen) atoms. The van der Waals surface area contributed by atoms with E-state index in [1.165, 1.54) is 11.5 Å². The first-order chi connectivity index (χ1) is 7.11. The smallest absolute Gasteiger partial charge is 0.202 e. The number of rotatable bonds is 6. The first-order valence-corrected chi connectivity index (χ1v) is 6.21. The molecule has 0 aliphatic heterocycles. The highest BCUT2D eigenvalue weighted by Crippen LogP contribution is 2.11. The summed E-state index contributed by atoms with van der Waals surface area (Å²) in [4.78, 5) is 4.32. The van der Waals surface area contributed by atoms with E-state index >= 15 is 0 Å². The Morgan fingerprint density at radius 3 is 2.73 bits per heavy atom. The summed E-state index contributed by atoms with van der Waals surface area (Å²) in [5, 5.41) is 4.11. The van der Waals surface area contributed by atoms with Gasteiger partial charge < -0.3 is 11.1 Å². The minimum Gasteiger partial charge on any atom is -0.359 e. The van der Waals surface area contributed by atoms with Crippen LogP contribution >= 0.6 is 11.5 Å². The van der Waals surface area contributed by atoms with Gasteiger partial charge in [0.2, 0.25) is 5.13 Å². The third-order valence-electron chi connectivity index (χ3n) is 2.07. The van der Waals surface area contributed by atoms with Crippen LogP contribution in [0.4, 0.5) is 5.13 Å². The van der Waals surface area contributed by atoms with Crippen molar-refractivity contribution < 1.29 is 0 Å². The van der Waals surface area contributed by atoms with Gasteiger partial charge in [0.05, 0.1) is 0 Å². The maximum absolute atomic E-state index is 5.96. The number of aromatic nitrogens is 2. The Labute approximate surface area is 95.5 Å². The molecule has 86 valence electrons. The van der Waals surface area contributed by atoms with Crippen molar-refractivity contribution in [1.82, 2.24) is 9.36 Å². The summed E-state index contributed by atoms with van der Waals surface area (Å²) in [6.45, 7) is 7.19. The van der Waals surface area contributed by atoms with Crippen molar-refractivity contribution in [2.45, 2.75) is 39.7 Å². The maximum Gasteiger partial charge on any atom is 0.202 e. The fraction of sp³-hybridized carbons (Fsp3) is 0.800. The van der Waals surface area contributed by atoms with E-state index in [9.17, 15) is 0 Å². The highest BCUT2D eigenvalue weighted by Gasteiger charge is 2.07. The zero-order valence-electron chi connectivity index (χ0n) is 9.66. The lowest BCUT2D eigenvalue weighted by atomic mass is 10.1. The minimum atomic E-state index is 0.193. The predicted octanol–water partition coefficient (Wildman–Crippen LogP) is 1.89. The first kappa shape index (κ1) is 12.4. The largest absolute Gasteiger partial charge is 0.359 e. The van der Waals surface area contributed by atoms with Crippen molar-refractivity contribution in [2.75, 3.05) is 11.9 Å². The summed E-state index contributed by atoms with van der Waals surface area (Å²) in [5.74, 6) is 1.54. The van der Waals surface area contributed by atoms with E-state index in [1.807, 2.05) is 0 Å². The van der Waals surface area contributed by atoms with Crippen molar-refractivity contribution in [3.63, 3.8) is 0 Å². The molecule has 0 aliphatic carbocycles. The molecule has 0 spiro atoms. The number of nitrogens with zero attached hydrogens (tertiary/aromatic N) is 2. The molecule has 0 fully saturated rings. The number of aryl methyl sites for hydroxylation is 1. The van der Waals surface area contributed by atoms with Gasteiger partial charge in [-0.1, -0.05) is 20.8 Å². The standard InChI is InChI=1S/C10H20N4S/c1-4-9-13-10(15-14-9)12-6-8(11)5-7(2)3/h7-8H,4-6,11H2,1-3H3,(H,12,13,14). The number of hydrogen-bond acceptors (Lipinski definition) is 5. The normalized spacial score (nSPS) is 13.1. The van der Waals surface area contributed by atoms with Gasteiger partial charge in [-0.05, 0) is 12.3 Å². The van der Waals surface area contributed by atoms with Crippen LogP contribution < -0.4 is 11.1 Å². The molecule has 0 saturated carbocycles.